The lowest BCUT2D eigenvalue weighted by molar-refractivity contribution is 0.0635. The van der Waals surface area contributed by atoms with Crippen molar-refractivity contribution in [3.05, 3.63) is 24.3 Å². The average molecular weight is 363 g/mol. The van der Waals surface area contributed by atoms with Gasteiger partial charge in [0.15, 0.2) is 0 Å². The molecule has 1 saturated heterocycles. The van der Waals surface area contributed by atoms with Crippen molar-refractivity contribution in [3.63, 3.8) is 0 Å². The predicted octanol–water partition coefficient (Wildman–Crippen LogP) is 4.07. The topological polar surface area (TPSA) is 79.9 Å². The summed E-state index contributed by atoms with van der Waals surface area (Å²) in [5, 5.41) is 6.18. The van der Waals surface area contributed by atoms with Gasteiger partial charge in [-0.1, -0.05) is 0 Å². The fourth-order valence-electron chi connectivity index (χ4n) is 2.73. The molecule has 144 valence electrons. The molecule has 1 fully saturated rings. The molecule has 1 aromatic carbocycles. The predicted molar refractivity (Wildman–Crippen MR) is 102 cm³/mol. The van der Waals surface area contributed by atoms with Crippen LogP contribution < -0.4 is 10.6 Å². The standard InChI is InChI=1S/C19H29N3O4/c1-5-25-18(24)22-12-10-16(11-13-22)20-14-6-8-15(9-7-14)21-17(23)26-19(2,3)4/h6-9,16,20H,5,10-13H2,1-4H3,(H,21,23). The first-order valence-corrected chi connectivity index (χ1v) is 9.05. The van der Waals surface area contributed by atoms with E-state index in [1.807, 2.05) is 52.0 Å². The first-order valence-electron chi connectivity index (χ1n) is 9.05. The van der Waals surface area contributed by atoms with Gasteiger partial charge in [0.1, 0.15) is 5.60 Å². The van der Waals surface area contributed by atoms with Gasteiger partial charge in [0, 0.05) is 30.5 Å². The number of amides is 2. The van der Waals surface area contributed by atoms with E-state index in [1.54, 1.807) is 4.90 Å². The highest BCUT2D eigenvalue weighted by Gasteiger charge is 2.23. The zero-order valence-electron chi connectivity index (χ0n) is 16.0. The second-order valence-corrected chi connectivity index (χ2v) is 7.31. The van der Waals surface area contributed by atoms with Crippen LogP contribution in [0.3, 0.4) is 0 Å². The van der Waals surface area contributed by atoms with Gasteiger partial charge in [-0.15, -0.1) is 0 Å². The molecule has 26 heavy (non-hydrogen) atoms. The summed E-state index contributed by atoms with van der Waals surface area (Å²) in [5.74, 6) is 0. The minimum absolute atomic E-state index is 0.233. The number of nitrogens with one attached hydrogen (secondary N) is 2. The van der Waals surface area contributed by atoms with E-state index in [-0.39, 0.29) is 6.09 Å². The van der Waals surface area contributed by atoms with E-state index >= 15 is 0 Å². The smallest absolute Gasteiger partial charge is 0.412 e. The Bertz CT molecular complexity index is 602. The molecule has 7 nitrogen and oxygen atoms in total. The van der Waals surface area contributed by atoms with Crippen LogP contribution in [0.25, 0.3) is 0 Å². The number of nitrogens with zero attached hydrogens (tertiary/aromatic N) is 1. The molecule has 1 aromatic rings. The molecule has 1 aliphatic heterocycles. The lowest BCUT2D eigenvalue weighted by Gasteiger charge is -2.32. The minimum Gasteiger partial charge on any atom is -0.450 e. The first kappa shape index (κ1) is 19.9. The van der Waals surface area contributed by atoms with Crippen molar-refractivity contribution in [3.8, 4) is 0 Å². The number of carbonyl (C=O) groups excluding carboxylic acids is 2. The van der Waals surface area contributed by atoms with Gasteiger partial charge < -0.3 is 19.7 Å². The number of hydrogen-bond acceptors (Lipinski definition) is 5. The summed E-state index contributed by atoms with van der Waals surface area (Å²) < 4.78 is 10.3. The summed E-state index contributed by atoms with van der Waals surface area (Å²) in [4.78, 5) is 25.2. The third-order valence-electron chi connectivity index (χ3n) is 3.92. The van der Waals surface area contributed by atoms with Crippen LogP contribution in [0, 0.1) is 0 Å². The normalized spacial score (nSPS) is 15.3. The molecule has 2 rings (SSSR count). The number of benzene rings is 1. The third-order valence-corrected chi connectivity index (χ3v) is 3.92. The van der Waals surface area contributed by atoms with Gasteiger partial charge in [0.25, 0.3) is 0 Å². The summed E-state index contributed by atoms with van der Waals surface area (Å²) in [7, 11) is 0. The maximum Gasteiger partial charge on any atom is 0.412 e. The number of hydrogen-bond donors (Lipinski definition) is 2. The number of carbonyl (C=O) groups is 2. The quantitative estimate of drug-likeness (QED) is 0.843. The van der Waals surface area contributed by atoms with E-state index in [4.69, 9.17) is 9.47 Å². The van der Waals surface area contributed by atoms with E-state index < -0.39 is 11.7 Å². The fraction of sp³-hybridized carbons (Fsp3) is 0.579. The molecule has 0 unspecified atom stereocenters. The Morgan fingerprint density at radius 2 is 1.69 bits per heavy atom. The van der Waals surface area contributed by atoms with E-state index in [0.717, 1.165) is 18.5 Å². The van der Waals surface area contributed by atoms with Crippen LogP contribution in [0.5, 0.6) is 0 Å². The van der Waals surface area contributed by atoms with Gasteiger partial charge in [-0.3, -0.25) is 5.32 Å². The molecular weight excluding hydrogens is 334 g/mol. The van der Waals surface area contributed by atoms with E-state index in [2.05, 4.69) is 10.6 Å². The van der Waals surface area contributed by atoms with Gasteiger partial charge in [-0.05, 0) is 64.8 Å². The van der Waals surface area contributed by atoms with Crippen LogP contribution in [0.1, 0.15) is 40.5 Å². The number of anilines is 2. The Morgan fingerprint density at radius 3 is 2.23 bits per heavy atom. The lowest BCUT2D eigenvalue weighted by atomic mass is 10.0. The van der Waals surface area contributed by atoms with Crippen molar-refractivity contribution in [1.29, 1.82) is 0 Å². The highest BCUT2D eigenvalue weighted by atomic mass is 16.6. The van der Waals surface area contributed by atoms with Crippen molar-refractivity contribution < 1.29 is 19.1 Å². The molecule has 0 atom stereocenters. The van der Waals surface area contributed by atoms with Gasteiger partial charge in [0.05, 0.1) is 6.61 Å². The Hall–Kier alpha value is -2.44. The van der Waals surface area contributed by atoms with E-state index in [0.29, 0.717) is 31.4 Å². The number of ether oxygens (including phenoxy) is 2. The molecule has 0 aromatic heterocycles. The summed E-state index contributed by atoms with van der Waals surface area (Å²) in [6.07, 6.45) is 1.04. The highest BCUT2D eigenvalue weighted by molar-refractivity contribution is 5.85. The maximum absolute atomic E-state index is 11.8. The summed E-state index contributed by atoms with van der Waals surface area (Å²) in [6.45, 7) is 9.07. The van der Waals surface area contributed by atoms with Crippen molar-refractivity contribution in [2.24, 2.45) is 0 Å². The molecule has 7 heteroatoms. The SMILES string of the molecule is CCOC(=O)N1CCC(Nc2ccc(NC(=O)OC(C)(C)C)cc2)CC1. The van der Waals surface area contributed by atoms with Crippen LogP contribution in [0.2, 0.25) is 0 Å². The molecular formula is C19H29N3O4. The largest absolute Gasteiger partial charge is 0.450 e. The van der Waals surface area contributed by atoms with Crippen molar-refractivity contribution >= 4 is 23.6 Å². The maximum atomic E-state index is 11.8. The molecule has 0 spiro atoms. The third kappa shape index (κ3) is 6.46. The second kappa shape index (κ2) is 8.78. The molecule has 0 aliphatic carbocycles. The zero-order valence-corrected chi connectivity index (χ0v) is 16.0. The van der Waals surface area contributed by atoms with Crippen LogP contribution >= 0.6 is 0 Å². The van der Waals surface area contributed by atoms with Gasteiger partial charge in [-0.25, -0.2) is 9.59 Å². The minimum atomic E-state index is -0.524. The van der Waals surface area contributed by atoms with Gasteiger partial charge in [0.2, 0.25) is 0 Å². The summed E-state index contributed by atoms with van der Waals surface area (Å²) >= 11 is 0. The molecule has 2 N–H and O–H groups in total. The molecule has 1 aliphatic rings. The Balaban J connectivity index is 1.79. The van der Waals surface area contributed by atoms with Gasteiger partial charge in [-0.2, -0.15) is 0 Å². The highest BCUT2D eigenvalue weighted by Crippen LogP contribution is 2.20. The van der Waals surface area contributed by atoms with Crippen LogP contribution in [0.15, 0.2) is 24.3 Å². The molecule has 0 bridgehead atoms. The van der Waals surface area contributed by atoms with E-state index in [1.165, 1.54) is 0 Å². The molecule has 1 heterocycles. The number of rotatable bonds is 4. The monoisotopic (exact) mass is 363 g/mol. The van der Waals surface area contributed by atoms with Crippen molar-refractivity contribution in [2.75, 3.05) is 30.3 Å². The molecule has 0 radical (unpaired) electrons. The van der Waals surface area contributed by atoms with Crippen LogP contribution in [0.4, 0.5) is 21.0 Å². The Kier molecular flexibility index (Phi) is 6.71. The van der Waals surface area contributed by atoms with Crippen molar-refractivity contribution in [2.45, 2.75) is 52.2 Å². The Labute approximate surface area is 155 Å². The summed E-state index contributed by atoms with van der Waals surface area (Å²) in [6, 6.07) is 7.82. The fourth-order valence-corrected chi connectivity index (χ4v) is 2.73. The average Bonchev–Trinajstić information content (AvgIpc) is 2.56. The first-order chi connectivity index (χ1) is 12.3. The number of piperidine rings is 1. The Morgan fingerprint density at radius 1 is 1.12 bits per heavy atom. The van der Waals surface area contributed by atoms with Gasteiger partial charge >= 0.3 is 12.2 Å². The summed E-state index contributed by atoms with van der Waals surface area (Å²) in [5.41, 5.74) is 1.14. The molecule has 2 amide bonds. The van der Waals surface area contributed by atoms with Crippen molar-refractivity contribution in [1.82, 2.24) is 4.90 Å². The lowest BCUT2D eigenvalue weighted by Crippen LogP contribution is -2.42. The second-order valence-electron chi connectivity index (χ2n) is 7.31. The van der Waals surface area contributed by atoms with Crippen LogP contribution in [-0.4, -0.2) is 48.4 Å². The number of likely N-dealkylation sites (tertiary alicyclic amines) is 1. The molecule has 0 saturated carbocycles. The zero-order chi connectivity index (χ0) is 19.2. The van der Waals surface area contributed by atoms with E-state index in [9.17, 15) is 9.59 Å². The van der Waals surface area contributed by atoms with Crippen LogP contribution in [-0.2, 0) is 9.47 Å².